The highest BCUT2D eigenvalue weighted by Gasteiger charge is 2.34. The molecule has 0 bridgehead atoms. The lowest BCUT2D eigenvalue weighted by Crippen LogP contribution is -2.48. The first kappa shape index (κ1) is 23.9. The molecule has 6 rings (SSSR count). The molecule has 1 amide bonds. The van der Waals surface area contributed by atoms with Crippen LogP contribution in [0.2, 0.25) is 0 Å². The van der Waals surface area contributed by atoms with Crippen molar-refractivity contribution in [3.63, 3.8) is 0 Å². The van der Waals surface area contributed by atoms with Crippen LogP contribution < -0.4 is 10.2 Å². The van der Waals surface area contributed by atoms with Gasteiger partial charge in [0.05, 0.1) is 11.7 Å². The number of amides is 1. The Kier molecular flexibility index (Phi) is 6.08. The Morgan fingerprint density at radius 1 is 1.00 bits per heavy atom. The molecular formula is C26H26F4N6O. The van der Waals surface area contributed by atoms with Crippen molar-refractivity contribution in [2.24, 2.45) is 5.92 Å². The molecule has 2 aliphatic heterocycles. The van der Waals surface area contributed by atoms with Crippen molar-refractivity contribution in [2.75, 3.05) is 29.9 Å². The van der Waals surface area contributed by atoms with Gasteiger partial charge < -0.3 is 15.1 Å². The highest BCUT2D eigenvalue weighted by molar-refractivity contribution is 5.96. The molecule has 1 aromatic carbocycles. The number of anilines is 2. The Balaban J connectivity index is 1.23. The van der Waals surface area contributed by atoms with E-state index >= 15 is 4.39 Å². The van der Waals surface area contributed by atoms with Gasteiger partial charge in [-0.15, -0.1) is 0 Å². The number of carbonyl (C=O) groups excluding carboxylic acids is 1. The second-order valence-corrected chi connectivity index (χ2v) is 9.99. The van der Waals surface area contributed by atoms with Crippen LogP contribution >= 0.6 is 0 Å². The number of rotatable bonds is 6. The highest BCUT2D eigenvalue weighted by atomic mass is 19.2. The fourth-order valence-electron chi connectivity index (χ4n) is 4.92. The number of fused-ring (bicyclic) bond motifs is 1. The number of carbonyl (C=O) groups is 1. The molecule has 1 aliphatic carbocycles. The summed E-state index contributed by atoms with van der Waals surface area (Å²) in [5.41, 5.74) is 0.978. The van der Waals surface area contributed by atoms with Crippen molar-refractivity contribution in [2.45, 2.75) is 50.6 Å². The van der Waals surface area contributed by atoms with Crippen LogP contribution in [0.15, 0.2) is 30.5 Å². The van der Waals surface area contributed by atoms with E-state index in [9.17, 15) is 18.0 Å². The number of halogens is 4. The number of alkyl halides is 2. The molecule has 194 valence electrons. The van der Waals surface area contributed by atoms with Gasteiger partial charge in [0.1, 0.15) is 29.0 Å². The van der Waals surface area contributed by atoms with Crippen LogP contribution in [-0.2, 0) is 0 Å². The Labute approximate surface area is 210 Å². The summed E-state index contributed by atoms with van der Waals surface area (Å²) in [4.78, 5) is 29.4. The number of nitrogens with one attached hydrogen (secondary N) is 1. The maximum absolute atomic E-state index is 15.1. The second-order valence-electron chi connectivity index (χ2n) is 9.99. The topological polar surface area (TPSA) is 74.2 Å². The van der Waals surface area contributed by atoms with E-state index in [1.54, 1.807) is 0 Å². The van der Waals surface area contributed by atoms with E-state index in [1.165, 1.54) is 18.3 Å². The van der Waals surface area contributed by atoms with Gasteiger partial charge in [0.15, 0.2) is 17.9 Å². The Morgan fingerprint density at radius 3 is 2.43 bits per heavy atom. The molecule has 7 nitrogen and oxygen atoms in total. The second kappa shape index (κ2) is 9.42. The van der Waals surface area contributed by atoms with Crippen LogP contribution in [0, 0.1) is 17.6 Å². The number of likely N-dealkylation sites (tertiary alicyclic amines) is 1. The summed E-state index contributed by atoms with van der Waals surface area (Å²) < 4.78 is 56.2. The molecule has 3 aliphatic rings. The summed E-state index contributed by atoms with van der Waals surface area (Å²) in [5, 5.41) is 3.40. The van der Waals surface area contributed by atoms with Gasteiger partial charge in [-0.3, -0.25) is 4.79 Å². The Bertz CT molecular complexity index is 1340. The monoisotopic (exact) mass is 514 g/mol. The number of pyridine rings is 1. The highest BCUT2D eigenvalue weighted by Crippen LogP contribution is 2.38. The summed E-state index contributed by atoms with van der Waals surface area (Å²) in [6.07, 6.45) is 1.95. The summed E-state index contributed by atoms with van der Waals surface area (Å²) in [6, 6.07) is 4.79. The van der Waals surface area contributed by atoms with Crippen LogP contribution in [-0.4, -0.2) is 57.7 Å². The molecule has 1 N–H and O–H groups in total. The number of hydrogen-bond acceptors (Lipinski definition) is 6. The third-order valence-corrected chi connectivity index (χ3v) is 7.39. The number of benzene rings is 1. The van der Waals surface area contributed by atoms with Gasteiger partial charge in [0, 0.05) is 43.7 Å². The van der Waals surface area contributed by atoms with Crippen molar-refractivity contribution in [1.82, 2.24) is 19.9 Å². The van der Waals surface area contributed by atoms with E-state index in [1.807, 2.05) is 4.90 Å². The lowest BCUT2D eigenvalue weighted by Gasteiger charge is -2.35. The van der Waals surface area contributed by atoms with E-state index < -0.39 is 35.9 Å². The third-order valence-electron chi connectivity index (χ3n) is 7.39. The minimum absolute atomic E-state index is 0.116. The van der Waals surface area contributed by atoms with E-state index in [0.29, 0.717) is 67.6 Å². The molecule has 2 atom stereocenters. The van der Waals surface area contributed by atoms with E-state index in [-0.39, 0.29) is 17.3 Å². The molecule has 3 fully saturated rings. The van der Waals surface area contributed by atoms with Crippen molar-refractivity contribution < 1.29 is 22.4 Å². The lowest BCUT2D eigenvalue weighted by molar-refractivity contribution is 0.000145. The Morgan fingerprint density at radius 2 is 1.78 bits per heavy atom. The average Bonchev–Trinajstić information content (AvgIpc) is 3.71. The zero-order valence-electron chi connectivity index (χ0n) is 20.0. The average molecular weight is 515 g/mol. The molecule has 0 spiro atoms. The lowest BCUT2D eigenvalue weighted by atomic mass is 9.88. The maximum atomic E-state index is 15.1. The van der Waals surface area contributed by atoms with Gasteiger partial charge in [-0.25, -0.2) is 32.5 Å². The van der Waals surface area contributed by atoms with Crippen molar-refractivity contribution >= 4 is 28.6 Å². The first-order valence-corrected chi connectivity index (χ1v) is 12.6. The largest absolute Gasteiger partial charge is 0.364 e. The number of nitrogens with zero attached hydrogens (tertiary/aromatic N) is 5. The minimum Gasteiger partial charge on any atom is -0.364 e. The maximum Gasteiger partial charge on any atom is 0.274 e. The molecular weight excluding hydrogens is 488 g/mol. The summed E-state index contributed by atoms with van der Waals surface area (Å²) >= 11 is 0. The molecule has 1 unspecified atom stereocenters. The number of aromatic nitrogens is 3. The van der Waals surface area contributed by atoms with Crippen molar-refractivity contribution in [1.29, 1.82) is 0 Å². The quantitative estimate of drug-likeness (QED) is 0.371. The molecule has 3 aromatic rings. The van der Waals surface area contributed by atoms with E-state index in [2.05, 4.69) is 10.3 Å². The van der Waals surface area contributed by atoms with Crippen molar-refractivity contribution in [3.8, 4) is 0 Å². The van der Waals surface area contributed by atoms with Gasteiger partial charge in [0.2, 0.25) is 0 Å². The standard InChI is InChI=1S/C26H26F4N6O/c27-15-1-4-17(18(28)11-15)23(30)14-5-8-35(9-6-14)25-24(32-16-2-3-16)33-19-12-20(31-13-21(19)34-25)26(37)36-10-7-22(36)29/h1,4,11-14,16,22-23H,2-3,5-10H2,(H,32,33)/t22?,23-/m1/s1. The molecule has 2 saturated heterocycles. The van der Waals surface area contributed by atoms with Gasteiger partial charge in [-0.1, -0.05) is 6.07 Å². The zero-order chi connectivity index (χ0) is 25.7. The third kappa shape index (κ3) is 4.67. The molecule has 2 aromatic heterocycles. The number of piperidine rings is 1. The summed E-state index contributed by atoms with van der Waals surface area (Å²) in [5.74, 6) is -1.27. The van der Waals surface area contributed by atoms with E-state index in [4.69, 9.17) is 9.97 Å². The first-order valence-electron chi connectivity index (χ1n) is 12.6. The predicted octanol–water partition coefficient (Wildman–Crippen LogP) is 4.95. The van der Waals surface area contributed by atoms with Crippen LogP contribution in [0.4, 0.5) is 29.2 Å². The molecule has 11 heteroatoms. The van der Waals surface area contributed by atoms with Gasteiger partial charge in [-0.05, 0) is 43.7 Å². The minimum atomic E-state index is -1.52. The van der Waals surface area contributed by atoms with E-state index in [0.717, 1.165) is 23.8 Å². The van der Waals surface area contributed by atoms with Gasteiger partial charge in [0.25, 0.3) is 5.91 Å². The normalized spacial score (nSPS) is 21.1. The summed E-state index contributed by atoms with van der Waals surface area (Å²) in [7, 11) is 0. The molecule has 0 radical (unpaired) electrons. The van der Waals surface area contributed by atoms with Crippen LogP contribution in [0.1, 0.15) is 54.3 Å². The fraction of sp³-hybridized carbons (Fsp3) is 0.462. The van der Waals surface area contributed by atoms with Crippen LogP contribution in [0.25, 0.3) is 11.0 Å². The molecule has 4 heterocycles. The van der Waals surface area contributed by atoms with Crippen LogP contribution in [0.3, 0.4) is 0 Å². The van der Waals surface area contributed by atoms with Crippen molar-refractivity contribution in [3.05, 3.63) is 53.4 Å². The smallest absolute Gasteiger partial charge is 0.274 e. The number of hydrogen-bond donors (Lipinski definition) is 1. The summed E-state index contributed by atoms with van der Waals surface area (Å²) in [6.45, 7) is 1.34. The SMILES string of the molecule is O=C(c1cc2nc(NC3CC3)c(N3CCC([C@@H](F)c4ccc(F)cc4F)CC3)nc2cn1)N1CCC1F. The fourth-order valence-corrected chi connectivity index (χ4v) is 4.92. The zero-order valence-corrected chi connectivity index (χ0v) is 20.0. The van der Waals surface area contributed by atoms with Gasteiger partial charge >= 0.3 is 0 Å². The first-order chi connectivity index (χ1) is 17.9. The molecule has 37 heavy (non-hydrogen) atoms. The van der Waals surface area contributed by atoms with Crippen LogP contribution in [0.5, 0.6) is 0 Å². The van der Waals surface area contributed by atoms with Gasteiger partial charge in [-0.2, -0.15) is 0 Å². The molecule has 1 saturated carbocycles. The predicted molar refractivity (Wildman–Crippen MR) is 130 cm³/mol. The Hall–Kier alpha value is -3.50.